The van der Waals surface area contributed by atoms with Crippen LogP contribution in [-0.4, -0.2) is 4.40 Å². The van der Waals surface area contributed by atoms with Gasteiger partial charge in [-0.05, 0) is 77.7 Å². The fourth-order valence-corrected chi connectivity index (χ4v) is 5.92. The van der Waals surface area contributed by atoms with Gasteiger partial charge in [0.05, 0.1) is 16.6 Å². The summed E-state index contributed by atoms with van der Waals surface area (Å²) in [6.07, 6.45) is 0. The molecule has 0 aliphatic heterocycles. The second-order valence-corrected chi connectivity index (χ2v) is 9.63. The van der Waals surface area contributed by atoms with E-state index in [-0.39, 0.29) is 0 Å². The topological polar surface area (TPSA) is 4.41 Å². The Morgan fingerprint density at radius 2 is 0.941 bits per heavy atom. The molecule has 0 N–H and O–H groups in total. The van der Waals surface area contributed by atoms with Crippen molar-refractivity contribution in [3.63, 3.8) is 0 Å². The highest BCUT2D eigenvalue weighted by molar-refractivity contribution is 6.25. The lowest BCUT2D eigenvalue weighted by Crippen LogP contribution is -1.90. The van der Waals surface area contributed by atoms with Gasteiger partial charge in [-0.3, -0.25) is 0 Å². The summed E-state index contributed by atoms with van der Waals surface area (Å²) in [5, 5.41) is 10.3. The normalized spacial score (nSPS) is 12.0. The van der Waals surface area contributed by atoms with Crippen LogP contribution in [0.1, 0.15) is 16.7 Å². The Bertz CT molecular complexity index is 1990. The zero-order chi connectivity index (χ0) is 23.0. The minimum Gasteiger partial charge on any atom is -0.308 e. The standard InChI is InChI=1S/C33H25N/c1-20-15-16-31-28(17-20)30-19-21(2)18-29-26-13-7-5-11-24(26)23-10-4-6-12-25(23)27-14-8-9-22(3)32(27)34(31)33(29)30/h4-19H,1-3H3. The quantitative estimate of drug-likeness (QED) is 0.224. The molecule has 162 valence electrons. The minimum atomic E-state index is 1.26. The predicted molar refractivity (Wildman–Crippen MR) is 148 cm³/mol. The van der Waals surface area contributed by atoms with Crippen molar-refractivity contribution in [1.82, 2.24) is 4.40 Å². The Morgan fingerprint density at radius 3 is 1.62 bits per heavy atom. The summed E-state index contributed by atoms with van der Waals surface area (Å²) in [6.45, 7) is 6.65. The summed E-state index contributed by atoms with van der Waals surface area (Å²) < 4.78 is 2.53. The summed E-state index contributed by atoms with van der Waals surface area (Å²) in [5.74, 6) is 0. The average Bonchev–Trinajstić information content (AvgIpc) is 3.17. The van der Waals surface area contributed by atoms with Gasteiger partial charge in [-0.1, -0.05) is 78.4 Å². The molecule has 34 heavy (non-hydrogen) atoms. The lowest BCUT2D eigenvalue weighted by Gasteiger charge is -2.08. The van der Waals surface area contributed by atoms with Crippen LogP contribution in [0.4, 0.5) is 0 Å². The van der Waals surface area contributed by atoms with Crippen LogP contribution in [0.3, 0.4) is 0 Å². The summed E-state index contributed by atoms with van der Waals surface area (Å²) in [4.78, 5) is 0. The van der Waals surface area contributed by atoms with Gasteiger partial charge in [0.1, 0.15) is 0 Å². The number of para-hydroxylation sites is 1. The van der Waals surface area contributed by atoms with Crippen LogP contribution in [-0.2, 0) is 0 Å². The van der Waals surface area contributed by atoms with Gasteiger partial charge in [0.2, 0.25) is 0 Å². The van der Waals surface area contributed by atoms with E-state index in [9.17, 15) is 0 Å². The summed E-state index contributed by atoms with van der Waals surface area (Å²) in [6, 6.07) is 36.1. The molecule has 7 aromatic rings. The van der Waals surface area contributed by atoms with Crippen molar-refractivity contribution in [1.29, 1.82) is 0 Å². The van der Waals surface area contributed by atoms with Crippen molar-refractivity contribution in [2.45, 2.75) is 20.8 Å². The van der Waals surface area contributed by atoms with Gasteiger partial charge >= 0.3 is 0 Å². The molecular formula is C33H25N. The highest BCUT2D eigenvalue weighted by atomic mass is 14.9. The van der Waals surface area contributed by atoms with Gasteiger partial charge in [-0.25, -0.2) is 0 Å². The lowest BCUT2D eigenvalue weighted by molar-refractivity contribution is 1.32. The first-order chi connectivity index (χ1) is 16.6. The van der Waals surface area contributed by atoms with Gasteiger partial charge in [0, 0.05) is 21.5 Å². The molecule has 0 spiro atoms. The lowest BCUT2D eigenvalue weighted by atomic mass is 9.99. The van der Waals surface area contributed by atoms with E-state index in [1.54, 1.807) is 0 Å². The number of aromatic nitrogens is 1. The van der Waals surface area contributed by atoms with Crippen molar-refractivity contribution in [3.05, 3.63) is 114 Å². The van der Waals surface area contributed by atoms with Gasteiger partial charge in [-0.15, -0.1) is 0 Å². The number of hydrogen-bond acceptors (Lipinski definition) is 0. The van der Waals surface area contributed by atoms with Crippen LogP contribution in [0.5, 0.6) is 0 Å². The molecule has 7 rings (SSSR count). The molecule has 0 aliphatic rings. The Balaban J connectivity index is 2.04. The predicted octanol–water partition coefficient (Wildman–Crippen LogP) is 9.19. The zero-order valence-corrected chi connectivity index (χ0v) is 19.7. The Morgan fingerprint density at radius 1 is 0.412 bits per heavy atom. The molecule has 0 radical (unpaired) electrons. The Kier molecular flexibility index (Phi) is 3.96. The maximum Gasteiger partial charge on any atom is 0.0620 e. The van der Waals surface area contributed by atoms with E-state index in [4.69, 9.17) is 0 Å². The Hall–Kier alpha value is -4.10. The van der Waals surface area contributed by atoms with Gasteiger partial charge in [-0.2, -0.15) is 0 Å². The first-order valence-corrected chi connectivity index (χ1v) is 12.0. The molecule has 0 aliphatic carbocycles. The van der Waals surface area contributed by atoms with Crippen LogP contribution in [0, 0.1) is 20.8 Å². The first-order valence-electron chi connectivity index (χ1n) is 12.0. The van der Waals surface area contributed by atoms with E-state index >= 15 is 0 Å². The number of rotatable bonds is 0. The molecule has 2 heterocycles. The van der Waals surface area contributed by atoms with Gasteiger partial charge < -0.3 is 4.40 Å². The van der Waals surface area contributed by atoms with E-state index in [0.29, 0.717) is 0 Å². The van der Waals surface area contributed by atoms with E-state index in [0.717, 1.165) is 0 Å². The van der Waals surface area contributed by atoms with Crippen molar-refractivity contribution < 1.29 is 0 Å². The van der Waals surface area contributed by atoms with E-state index < -0.39 is 0 Å². The van der Waals surface area contributed by atoms with Crippen molar-refractivity contribution in [2.75, 3.05) is 0 Å². The van der Waals surface area contributed by atoms with Crippen LogP contribution in [0.2, 0.25) is 0 Å². The third kappa shape index (κ3) is 2.55. The van der Waals surface area contributed by atoms with Crippen molar-refractivity contribution >= 4 is 59.6 Å². The molecule has 5 aromatic carbocycles. The second-order valence-electron chi connectivity index (χ2n) is 9.63. The van der Waals surface area contributed by atoms with E-state index in [1.807, 2.05) is 0 Å². The largest absolute Gasteiger partial charge is 0.308 e. The van der Waals surface area contributed by atoms with Crippen LogP contribution < -0.4 is 0 Å². The molecule has 0 fully saturated rings. The third-order valence-corrected chi connectivity index (χ3v) is 7.35. The molecule has 0 atom stereocenters. The number of fused-ring (bicyclic) bond motifs is 10. The third-order valence-electron chi connectivity index (χ3n) is 7.35. The monoisotopic (exact) mass is 435 g/mol. The van der Waals surface area contributed by atoms with Crippen LogP contribution >= 0.6 is 0 Å². The van der Waals surface area contributed by atoms with E-state index in [2.05, 4.69) is 122 Å². The minimum absolute atomic E-state index is 1.26. The summed E-state index contributed by atoms with van der Waals surface area (Å²) in [7, 11) is 0. The summed E-state index contributed by atoms with van der Waals surface area (Å²) in [5.41, 5.74) is 7.69. The zero-order valence-electron chi connectivity index (χ0n) is 19.7. The molecule has 2 aromatic heterocycles. The van der Waals surface area contributed by atoms with Crippen LogP contribution in [0.25, 0.3) is 59.6 Å². The SMILES string of the molecule is Cc1ccc2c(c1)c1cc(C)cc3c4ccccc4c4ccccc4c4cccc(C)c4n2c31. The highest BCUT2D eigenvalue weighted by Gasteiger charge is 2.16. The summed E-state index contributed by atoms with van der Waals surface area (Å²) >= 11 is 0. The number of aryl methyl sites for hydroxylation is 3. The van der Waals surface area contributed by atoms with Crippen molar-refractivity contribution in [2.24, 2.45) is 0 Å². The Labute approximate surface area is 198 Å². The fraction of sp³-hybridized carbons (Fsp3) is 0.0909. The second kappa shape index (κ2) is 6.95. The highest BCUT2D eigenvalue weighted by Crippen LogP contribution is 2.39. The first kappa shape index (κ1) is 19.4. The number of hydrogen-bond donors (Lipinski definition) is 0. The van der Waals surface area contributed by atoms with E-state index in [1.165, 1.54) is 76.3 Å². The molecular weight excluding hydrogens is 410 g/mol. The average molecular weight is 436 g/mol. The number of nitrogens with zero attached hydrogens (tertiary/aromatic N) is 1. The maximum atomic E-state index is 2.53. The van der Waals surface area contributed by atoms with Crippen molar-refractivity contribution in [3.8, 4) is 0 Å². The van der Waals surface area contributed by atoms with Crippen LogP contribution in [0.15, 0.2) is 97.1 Å². The molecule has 1 heteroatoms. The molecule has 1 nitrogen and oxygen atoms in total. The fourth-order valence-electron chi connectivity index (χ4n) is 5.92. The molecule has 0 amide bonds. The molecule has 0 saturated carbocycles. The van der Waals surface area contributed by atoms with Gasteiger partial charge in [0.25, 0.3) is 0 Å². The molecule has 0 saturated heterocycles. The maximum absolute atomic E-state index is 2.53. The smallest absolute Gasteiger partial charge is 0.0620 e. The number of benzene rings is 5. The van der Waals surface area contributed by atoms with Gasteiger partial charge in [0.15, 0.2) is 0 Å². The molecule has 0 bridgehead atoms. The molecule has 0 unspecified atom stereocenters.